The molecule has 1 aliphatic carbocycles. The molecule has 2 unspecified atom stereocenters. The van der Waals surface area contributed by atoms with E-state index in [1.165, 1.54) is 11.8 Å². The maximum Gasteiger partial charge on any atom is 0.417 e. The normalized spacial score (nSPS) is 22.8. The number of amides is 1. The summed E-state index contributed by atoms with van der Waals surface area (Å²) in [6.45, 7) is 14.8. The minimum atomic E-state index is -4.39. The molecule has 3 aliphatic rings. The number of allylic oxidation sites excluding steroid dienone is 3. The summed E-state index contributed by atoms with van der Waals surface area (Å²) in [4.78, 5) is 23.8. The number of hydrogen-bond donors (Lipinski definition) is 1. The van der Waals surface area contributed by atoms with Crippen molar-refractivity contribution in [2.75, 3.05) is 51.1 Å². The molecule has 2 aliphatic heterocycles. The summed E-state index contributed by atoms with van der Waals surface area (Å²) in [6.07, 6.45) is 6.08. The van der Waals surface area contributed by atoms with E-state index in [0.29, 0.717) is 24.8 Å². The molecule has 0 bridgehead atoms. The van der Waals surface area contributed by atoms with Crippen LogP contribution in [0.25, 0.3) is 0 Å². The van der Waals surface area contributed by atoms with Gasteiger partial charge in [-0.2, -0.15) is 13.2 Å². The number of piperidine rings is 1. The van der Waals surface area contributed by atoms with Gasteiger partial charge in [-0.1, -0.05) is 39.8 Å². The molecule has 0 radical (unpaired) electrons. The van der Waals surface area contributed by atoms with Crippen LogP contribution in [-0.4, -0.2) is 77.4 Å². The molecule has 1 aromatic rings. The van der Waals surface area contributed by atoms with E-state index in [4.69, 9.17) is 0 Å². The molecule has 2 fully saturated rings. The molecule has 2 saturated heterocycles. The van der Waals surface area contributed by atoms with Crippen molar-refractivity contribution in [3.63, 3.8) is 0 Å². The molecule has 3 heterocycles. The monoisotopic (exact) mass is 533 g/mol. The van der Waals surface area contributed by atoms with Gasteiger partial charge in [0, 0.05) is 69.7 Å². The van der Waals surface area contributed by atoms with Crippen LogP contribution in [0.4, 0.5) is 19.0 Å². The number of pyridine rings is 1. The van der Waals surface area contributed by atoms with Gasteiger partial charge in [-0.15, -0.1) is 0 Å². The molecular formula is C29H42F3N5O. The van der Waals surface area contributed by atoms with E-state index in [1.54, 1.807) is 0 Å². The molecule has 2 atom stereocenters. The van der Waals surface area contributed by atoms with E-state index in [-0.39, 0.29) is 23.3 Å². The maximum atomic E-state index is 13.1. The quantitative estimate of drug-likeness (QED) is 0.541. The molecule has 0 saturated carbocycles. The van der Waals surface area contributed by atoms with Gasteiger partial charge in [0.25, 0.3) is 0 Å². The van der Waals surface area contributed by atoms with Crippen molar-refractivity contribution in [1.29, 1.82) is 0 Å². The highest BCUT2D eigenvalue weighted by atomic mass is 19.4. The summed E-state index contributed by atoms with van der Waals surface area (Å²) >= 11 is 0. The Morgan fingerprint density at radius 2 is 1.76 bits per heavy atom. The van der Waals surface area contributed by atoms with E-state index >= 15 is 0 Å². The van der Waals surface area contributed by atoms with Crippen molar-refractivity contribution in [1.82, 2.24) is 19.7 Å². The molecule has 38 heavy (non-hydrogen) atoms. The average Bonchev–Trinajstić information content (AvgIpc) is 2.88. The van der Waals surface area contributed by atoms with Crippen molar-refractivity contribution in [3.8, 4) is 0 Å². The number of halogens is 3. The highest BCUT2D eigenvalue weighted by Gasteiger charge is 2.32. The van der Waals surface area contributed by atoms with Crippen LogP contribution in [0.1, 0.15) is 52.5 Å². The second-order valence-corrected chi connectivity index (χ2v) is 12.1. The molecule has 210 valence electrons. The summed E-state index contributed by atoms with van der Waals surface area (Å²) in [5, 5.41) is 3.22. The van der Waals surface area contributed by atoms with Crippen LogP contribution >= 0.6 is 0 Å². The van der Waals surface area contributed by atoms with E-state index in [9.17, 15) is 18.0 Å². The first kappa shape index (κ1) is 28.5. The first-order chi connectivity index (χ1) is 17.9. The van der Waals surface area contributed by atoms with Crippen LogP contribution in [0.5, 0.6) is 0 Å². The Morgan fingerprint density at radius 1 is 1.08 bits per heavy atom. The Kier molecular flexibility index (Phi) is 8.75. The first-order valence-electron chi connectivity index (χ1n) is 13.8. The number of likely N-dealkylation sites (tertiary alicyclic amines) is 1. The van der Waals surface area contributed by atoms with Gasteiger partial charge < -0.3 is 15.1 Å². The van der Waals surface area contributed by atoms with Crippen LogP contribution in [0.15, 0.2) is 42.3 Å². The van der Waals surface area contributed by atoms with E-state index in [1.807, 2.05) is 11.8 Å². The summed E-state index contributed by atoms with van der Waals surface area (Å²) in [5.41, 5.74) is 0.864. The number of nitrogens with one attached hydrogen (secondary N) is 1. The number of rotatable bonds is 6. The molecule has 0 spiro atoms. The predicted molar refractivity (Wildman–Crippen MR) is 144 cm³/mol. The summed E-state index contributed by atoms with van der Waals surface area (Å²) in [5.74, 6) is 1.14. The fourth-order valence-corrected chi connectivity index (χ4v) is 5.55. The first-order valence-corrected chi connectivity index (χ1v) is 13.8. The summed E-state index contributed by atoms with van der Waals surface area (Å²) in [6, 6.07) is 2.50. The standard InChI is InChI=1S/C29H42F3N5O/c1-21(20-35-15-17-36(18-16-35)25-8-5-22(6-9-25)28(2,3)4)27(38)37-13-11-24(12-14-37)34-26-10-7-23(19-33-26)29(30,31)32/h5,7-10,19,21-22,24H,6,11-18,20H2,1-4H3,(H,33,34). The lowest BCUT2D eigenvalue weighted by atomic mass is 9.77. The Morgan fingerprint density at radius 3 is 2.29 bits per heavy atom. The number of carbonyl (C=O) groups excluding carboxylic acids is 1. The minimum Gasteiger partial charge on any atom is -0.369 e. The third-order valence-electron chi connectivity index (χ3n) is 8.13. The highest BCUT2D eigenvalue weighted by molar-refractivity contribution is 5.78. The van der Waals surface area contributed by atoms with Crippen LogP contribution < -0.4 is 5.32 Å². The van der Waals surface area contributed by atoms with E-state index < -0.39 is 11.7 Å². The third kappa shape index (κ3) is 7.30. The molecule has 1 aromatic heterocycles. The van der Waals surface area contributed by atoms with Gasteiger partial charge in [-0.05, 0) is 48.8 Å². The zero-order valence-corrected chi connectivity index (χ0v) is 23.1. The lowest BCUT2D eigenvalue weighted by Gasteiger charge is -2.40. The Balaban J connectivity index is 1.17. The second kappa shape index (κ2) is 11.7. The number of aromatic nitrogens is 1. The number of alkyl halides is 3. The van der Waals surface area contributed by atoms with Crippen LogP contribution in [0.2, 0.25) is 0 Å². The average molecular weight is 534 g/mol. The molecule has 1 N–H and O–H groups in total. The Labute approximate surface area is 225 Å². The van der Waals surface area contributed by atoms with Gasteiger partial charge in [-0.25, -0.2) is 4.98 Å². The topological polar surface area (TPSA) is 51.7 Å². The van der Waals surface area contributed by atoms with Crippen molar-refractivity contribution in [3.05, 3.63) is 47.8 Å². The van der Waals surface area contributed by atoms with Gasteiger partial charge in [-0.3, -0.25) is 9.69 Å². The smallest absolute Gasteiger partial charge is 0.369 e. The SMILES string of the molecule is CC(CN1CCN(C2=CCC(C(C)(C)C)C=C2)CC1)C(=O)N1CCC(Nc2ccc(C(F)(F)F)cn2)CC1. The Hall–Kier alpha value is -2.55. The fourth-order valence-electron chi connectivity index (χ4n) is 5.55. The molecular weight excluding hydrogens is 491 g/mol. The number of carbonyl (C=O) groups is 1. The number of piperazine rings is 1. The fraction of sp³-hybridized carbons (Fsp3) is 0.655. The van der Waals surface area contributed by atoms with Crippen LogP contribution in [0.3, 0.4) is 0 Å². The zero-order chi connectivity index (χ0) is 27.5. The van der Waals surface area contributed by atoms with Gasteiger partial charge in [0.1, 0.15) is 5.82 Å². The van der Waals surface area contributed by atoms with Crippen molar-refractivity contribution in [2.24, 2.45) is 17.3 Å². The summed E-state index contributed by atoms with van der Waals surface area (Å²) in [7, 11) is 0. The zero-order valence-electron chi connectivity index (χ0n) is 23.1. The second-order valence-electron chi connectivity index (χ2n) is 12.1. The largest absolute Gasteiger partial charge is 0.417 e. The van der Waals surface area contributed by atoms with Gasteiger partial charge >= 0.3 is 6.18 Å². The van der Waals surface area contributed by atoms with Crippen LogP contribution in [-0.2, 0) is 11.0 Å². The van der Waals surface area contributed by atoms with Gasteiger partial charge in [0.2, 0.25) is 5.91 Å². The van der Waals surface area contributed by atoms with E-state index in [2.05, 4.69) is 59.1 Å². The molecule has 0 aromatic carbocycles. The summed E-state index contributed by atoms with van der Waals surface area (Å²) < 4.78 is 38.2. The van der Waals surface area contributed by atoms with Crippen molar-refractivity contribution >= 4 is 11.7 Å². The predicted octanol–water partition coefficient (Wildman–Crippen LogP) is 5.26. The number of nitrogens with zero attached hydrogens (tertiary/aromatic N) is 4. The lowest BCUT2D eigenvalue weighted by Crippen LogP contribution is -2.50. The van der Waals surface area contributed by atoms with Crippen molar-refractivity contribution < 1.29 is 18.0 Å². The van der Waals surface area contributed by atoms with Crippen molar-refractivity contribution in [2.45, 2.75) is 59.2 Å². The Bertz CT molecular complexity index is 999. The molecule has 1 amide bonds. The highest BCUT2D eigenvalue weighted by Crippen LogP contribution is 2.34. The minimum absolute atomic E-state index is 0.0658. The van der Waals surface area contributed by atoms with Crippen LogP contribution in [0, 0.1) is 17.3 Å². The van der Waals surface area contributed by atoms with Gasteiger partial charge in [0.15, 0.2) is 0 Å². The third-order valence-corrected chi connectivity index (χ3v) is 8.13. The molecule has 9 heteroatoms. The number of hydrogen-bond acceptors (Lipinski definition) is 5. The number of anilines is 1. The van der Waals surface area contributed by atoms with Gasteiger partial charge in [0.05, 0.1) is 5.56 Å². The maximum absolute atomic E-state index is 13.1. The van der Waals surface area contributed by atoms with E-state index in [0.717, 1.165) is 64.2 Å². The molecule has 4 rings (SSSR count). The molecule has 6 nitrogen and oxygen atoms in total. The lowest BCUT2D eigenvalue weighted by molar-refractivity contribution is -0.138.